The van der Waals surface area contributed by atoms with Gasteiger partial charge in [-0.25, -0.2) is 9.78 Å². The topological polar surface area (TPSA) is 164 Å². The molecule has 2 aliphatic heterocycles. The SMILES string of the molecule is CC1=C(C(=O)S)N2C(=O)C(NC(=O)C(=NOCC(=O)O)c3nc(N)sc3Cl)[C@H]2SC1. The van der Waals surface area contributed by atoms with E-state index < -0.39 is 46.6 Å². The van der Waals surface area contributed by atoms with Gasteiger partial charge in [0.1, 0.15) is 21.4 Å². The van der Waals surface area contributed by atoms with E-state index in [0.717, 1.165) is 11.3 Å². The van der Waals surface area contributed by atoms with Crippen LogP contribution in [0.15, 0.2) is 16.4 Å². The summed E-state index contributed by atoms with van der Waals surface area (Å²) in [5, 5.41) is 13.7. The quantitative estimate of drug-likeness (QED) is 0.182. The average Bonchev–Trinajstić information content (AvgIpc) is 3.00. The van der Waals surface area contributed by atoms with E-state index in [4.69, 9.17) is 22.4 Å². The summed E-state index contributed by atoms with van der Waals surface area (Å²) in [5.41, 5.74) is 5.96. The second-order valence-electron chi connectivity index (χ2n) is 6.08. The van der Waals surface area contributed by atoms with Gasteiger partial charge in [0.05, 0.1) is 5.70 Å². The third-order valence-electron chi connectivity index (χ3n) is 4.03. The van der Waals surface area contributed by atoms with Crippen LogP contribution in [0.4, 0.5) is 5.13 Å². The Kier molecular flexibility index (Phi) is 6.59. The molecule has 0 bridgehead atoms. The maximum atomic E-state index is 12.8. The number of amides is 2. The van der Waals surface area contributed by atoms with Crippen molar-refractivity contribution in [3.63, 3.8) is 0 Å². The number of oxime groups is 1. The number of carboxylic acid groups (broad SMARTS) is 1. The van der Waals surface area contributed by atoms with Gasteiger partial charge in [0.25, 0.3) is 11.8 Å². The van der Waals surface area contributed by atoms with Gasteiger partial charge < -0.3 is 21.0 Å². The van der Waals surface area contributed by atoms with Crippen molar-refractivity contribution in [1.29, 1.82) is 0 Å². The number of β-lactam (4-membered cyclic amide) rings is 1. The molecule has 0 aliphatic carbocycles. The van der Waals surface area contributed by atoms with Crippen molar-refractivity contribution in [3.8, 4) is 0 Å². The fourth-order valence-electron chi connectivity index (χ4n) is 2.79. The summed E-state index contributed by atoms with van der Waals surface area (Å²) in [5.74, 6) is -2.18. The number of thiazole rings is 1. The molecule has 3 heterocycles. The lowest BCUT2D eigenvalue weighted by Crippen LogP contribution is -2.70. The largest absolute Gasteiger partial charge is 0.479 e. The zero-order chi connectivity index (χ0) is 22.2. The Morgan fingerprint density at radius 1 is 1.50 bits per heavy atom. The van der Waals surface area contributed by atoms with Crippen molar-refractivity contribution in [1.82, 2.24) is 15.2 Å². The Labute approximate surface area is 188 Å². The predicted molar refractivity (Wildman–Crippen MR) is 113 cm³/mol. The van der Waals surface area contributed by atoms with Gasteiger partial charge in [0, 0.05) is 5.75 Å². The molecular weight excluding hydrogens is 478 g/mol. The highest BCUT2D eigenvalue weighted by Gasteiger charge is 2.53. The smallest absolute Gasteiger partial charge is 0.344 e. The van der Waals surface area contributed by atoms with Crippen LogP contribution in [0.5, 0.6) is 0 Å². The monoisotopic (exact) mass is 491 g/mol. The van der Waals surface area contributed by atoms with Gasteiger partial charge in [-0.05, 0) is 12.5 Å². The first-order valence-corrected chi connectivity index (χ1v) is 10.8. The van der Waals surface area contributed by atoms with Crippen LogP contribution in [-0.4, -0.2) is 67.4 Å². The van der Waals surface area contributed by atoms with Crippen molar-refractivity contribution in [2.24, 2.45) is 5.16 Å². The highest BCUT2D eigenvalue weighted by Crippen LogP contribution is 2.40. The van der Waals surface area contributed by atoms with Gasteiger partial charge in [-0.15, -0.1) is 11.8 Å². The number of thioether (sulfide) groups is 1. The number of fused-ring (bicyclic) bond motifs is 1. The summed E-state index contributed by atoms with van der Waals surface area (Å²) in [4.78, 5) is 57.7. The second-order valence-corrected chi connectivity index (χ2v) is 9.22. The summed E-state index contributed by atoms with van der Waals surface area (Å²) in [6.45, 7) is 0.922. The van der Waals surface area contributed by atoms with E-state index in [2.05, 4.69) is 32.9 Å². The number of carbonyl (C=O) groups excluding carboxylic acids is 3. The molecule has 11 nitrogen and oxygen atoms in total. The number of nitrogens with zero attached hydrogens (tertiary/aromatic N) is 3. The van der Waals surface area contributed by atoms with Crippen LogP contribution in [0.2, 0.25) is 4.34 Å². The number of thiol groups is 1. The number of nitrogen functional groups attached to an aromatic ring is 1. The zero-order valence-electron chi connectivity index (χ0n) is 15.1. The van der Waals surface area contributed by atoms with Gasteiger partial charge >= 0.3 is 5.97 Å². The lowest BCUT2D eigenvalue weighted by atomic mass is 10.0. The molecule has 0 saturated carbocycles. The number of aliphatic carboxylic acids is 1. The number of hydrogen-bond acceptors (Lipinski definition) is 10. The minimum Gasteiger partial charge on any atom is -0.479 e. The number of carboxylic acids is 1. The minimum atomic E-state index is -1.31. The first-order chi connectivity index (χ1) is 14.1. The van der Waals surface area contributed by atoms with Gasteiger partial charge in [-0.1, -0.05) is 40.7 Å². The van der Waals surface area contributed by atoms with Crippen molar-refractivity contribution < 1.29 is 29.1 Å². The normalized spacial score (nSPS) is 21.1. The highest BCUT2D eigenvalue weighted by atomic mass is 35.5. The maximum Gasteiger partial charge on any atom is 0.344 e. The highest BCUT2D eigenvalue weighted by molar-refractivity contribution is 8.00. The number of carbonyl (C=O) groups is 4. The fourth-order valence-corrected chi connectivity index (χ4v) is 5.31. The Bertz CT molecular complexity index is 1010. The molecule has 1 saturated heterocycles. The molecular formula is C15H14ClN5O6S3. The van der Waals surface area contributed by atoms with Gasteiger partial charge in [0.2, 0.25) is 11.7 Å². The standard InChI is InChI=1S/C15H14ClN5O6S3/c1-4-3-29-13-8(12(25)21(13)9(4)14(26)28)18-11(24)7(20-27-2-5(22)23)6-10(16)30-15(17)19-6/h8,13H,2-3H2,1H3,(H2,17,19)(H,18,24)(H,22,23)(H,26,28)/t8?,13-/m1/s1. The lowest BCUT2D eigenvalue weighted by Gasteiger charge is -2.49. The molecule has 1 aromatic heterocycles. The van der Waals surface area contributed by atoms with Crippen LogP contribution in [0.3, 0.4) is 0 Å². The number of rotatable bonds is 7. The van der Waals surface area contributed by atoms with Crippen LogP contribution < -0.4 is 11.1 Å². The van der Waals surface area contributed by atoms with Crippen molar-refractivity contribution in [3.05, 3.63) is 21.3 Å². The first kappa shape index (κ1) is 22.4. The molecule has 2 atom stereocenters. The van der Waals surface area contributed by atoms with E-state index in [0.29, 0.717) is 11.3 Å². The fraction of sp³-hybridized carbons (Fsp3) is 0.333. The van der Waals surface area contributed by atoms with Crippen molar-refractivity contribution >= 4 is 81.1 Å². The van der Waals surface area contributed by atoms with Gasteiger partial charge in [0.15, 0.2) is 10.8 Å². The third-order valence-corrected chi connectivity index (χ3v) is 6.75. The van der Waals surface area contributed by atoms with Crippen molar-refractivity contribution in [2.45, 2.75) is 18.3 Å². The maximum absolute atomic E-state index is 12.8. The Morgan fingerprint density at radius 2 is 2.20 bits per heavy atom. The number of halogens is 1. The van der Waals surface area contributed by atoms with Crippen LogP contribution in [0.1, 0.15) is 12.6 Å². The summed E-state index contributed by atoms with van der Waals surface area (Å²) in [6, 6.07) is -0.947. The van der Waals surface area contributed by atoms with Gasteiger partial charge in [-0.2, -0.15) is 0 Å². The molecule has 30 heavy (non-hydrogen) atoms. The Balaban J connectivity index is 1.82. The Hall–Kier alpha value is -2.29. The molecule has 15 heteroatoms. The molecule has 4 N–H and O–H groups in total. The molecule has 1 fully saturated rings. The van der Waals surface area contributed by atoms with E-state index in [1.165, 1.54) is 16.7 Å². The first-order valence-electron chi connectivity index (χ1n) is 8.14. The molecule has 0 spiro atoms. The van der Waals surface area contributed by atoms with Crippen LogP contribution in [0, 0.1) is 0 Å². The van der Waals surface area contributed by atoms with Gasteiger partial charge in [-0.3, -0.25) is 19.3 Å². The summed E-state index contributed by atoms with van der Waals surface area (Å²) >= 11 is 12.1. The summed E-state index contributed by atoms with van der Waals surface area (Å²) < 4.78 is 0.0374. The van der Waals surface area contributed by atoms with Crippen LogP contribution in [0.25, 0.3) is 0 Å². The number of nitrogens with one attached hydrogen (secondary N) is 1. The molecule has 2 amide bonds. The van der Waals surface area contributed by atoms with E-state index in [9.17, 15) is 19.2 Å². The number of nitrogens with two attached hydrogens (primary N) is 1. The molecule has 160 valence electrons. The van der Waals surface area contributed by atoms with E-state index >= 15 is 0 Å². The average molecular weight is 492 g/mol. The second kappa shape index (κ2) is 8.83. The number of hydrogen-bond donors (Lipinski definition) is 4. The minimum absolute atomic E-state index is 0.0374. The summed E-state index contributed by atoms with van der Waals surface area (Å²) in [7, 11) is 0. The van der Waals surface area contributed by atoms with Crippen LogP contribution >= 0.6 is 47.3 Å². The number of anilines is 1. The lowest BCUT2D eigenvalue weighted by molar-refractivity contribution is -0.146. The molecule has 0 radical (unpaired) electrons. The van der Waals surface area contributed by atoms with E-state index in [1.807, 2.05) is 0 Å². The van der Waals surface area contributed by atoms with E-state index in [-0.39, 0.29) is 20.9 Å². The molecule has 0 aromatic carbocycles. The molecule has 1 unspecified atom stereocenters. The van der Waals surface area contributed by atoms with Crippen molar-refractivity contribution in [2.75, 3.05) is 18.1 Å². The zero-order valence-corrected chi connectivity index (χ0v) is 18.4. The predicted octanol–water partition coefficient (Wildman–Crippen LogP) is 0.314. The third kappa shape index (κ3) is 4.26. The summed E-state index contributed by atoms with van der Waals surface area (Å²) in [6.07, 6.45) is 0. The number of aromatic nitrogens is 1. The molecule has 3 rings (SSSR count). The molecule has 2 aliphatic rings. The van der Waals surface area contributed by atoms with Crippen LogP contribution in [-0.2, 0) is 24.0 Å². The molecule has 1 aromatic rings. The Morgan fingerprint density at radius 3 is 2.77 bits per heavy atom. The van der Waals surface area contributed by atoms with E-state index in [1.54, 1.807) is 6.92 Å².